The van der Waals surface area contributed by atoms with Crippen LogP contribution in [0.15, 0.2) is 47.4 Å². The van der Waals surface area contributed by atoms with E-state index in [0.717, 1.165) is 37.2 Å². The summed E-state index contributed by atoms with van der Waals surface area (Å²) in [5.74, 6) is -0.584. The first kappa shape index (κ1) is 24.2. The van der Waals surface area contributed by atoms with Crippen molar-refractivity contribution in [3.8, 4) is 0 Å². The van der Waals surface area contributed by atoms with E-state index in [4.69, 9.17) is 0 Å². The van der Waals surface area contributed by atoms with Crippen LogP contribution in [0.25, 0.3) is 0 Å². The van der Waals surface area contributed by atoms with Crippen molar-refractivity contribution in [1.29, 1.82) is 0 Å². The highest BCUT2D eigenvalue weighted by Gasteiger charge is 2.21. The van der Waals surface area contributed by atoms with Gasteiger partial charge in [0.15, 0.2) is 0 Å². The Morgan fingerprint density at radius 3 is 2.31 bits per heavy atom. The fourth-order valence-electron chi connectivity index (χ4n) is 4.03. The number of hydrogen-bond acceptors (Lipinski definition) is 4. The average Bonchev–Trinajstić information content (AvgIpc) is 2.79. The maximum atomic E-state index is 13.8. The Hall–Kier alpha value is -2.45. The molecule has 174 valence electrons. The van der Waals surface area contributed by atoms with Gasteiger partial charge in [0.05, 0.1) is 16.3 Å². The number of piperidine rings is 1. The number of amides is 1. The minimum atomic E-state index is -3.50. The highest BCUT2D eigenvalue weighted by Crippen LogP contribution is 2.29. The van der Waals surface area contributed by atoms with Gasteiger partial charge in [-0.1, -0.05) is 26.0 Å². The minimum Gasteiger partial charge on any atom is -0.370 e. The number of hydrogen-bond donors (Lipinski definition) is 1. The van der Waals surface area contributed by atoms with Gasteiger partial charge in [-0.3, -0.25) is 4.79 Å². The molecule has 1 fully saturated rings. The van der Waals surface area contributed by atoms with E-state index in [9.17, 15) is 17.6 Å². The summed E-state index contributed by atoms with van der Waals surface area (Å²) >= 11 is 0. The molecule has 1 saturated heterocycles. The van der Waals surface area contributed by atoms with Gasteiger partial charge in [0, 0.05) is 32.6 Å². The molecular formula is C24H32FN3O3S. The van der Waals surface area contributed by atoms with Gasteiger partial charge in [0.25, 0.3) is 0 Å². The topological polar surface area (TPSA) is 69.7 Å². The maximum absolute atomic E-state index is 13.8. The third-order valence-electron chi connectivity index (χ3n) is 5.84. The number of aryl methyl sites for hydroxylation is 1. The zero-order chi connectivity index (χ0) is 23.1. The minimum absolute atomic E-state index is 0.200. The molecule has 2 aromatic rings. The Balaban J connectivity index is 1.63. The summed E-state index contributed by atoms with van der Waals surface area (Å²) in [5, 5.41) is 2.86. The third kappa shape index (κ3) is 5.86. The van der Waals surface area contributed by atoms with Crippen LogP contribution in [-0.2, 0) is 21.2 Å². The van der Waals surface area contributed by atoms with Crippen molar-refractivity contribution in [3.05, 3.63) is 53.8 Å². The largest absolute Gasteiger partial charge is 0.370 e. The summed E-state index contributed by atoms with van der Waals surface area (Å²) in [6.07, 6.45) is 4.05. The van der Waals surface area contributed by atoms with Crippen LogP contribution in [-0.4, -0.2) is 44.8 Å². The predicted octanol–water partition coefficient (Wildman–Crippen LogP) is 4.42. The van der Waals surface area contributed by atoms with E-state index in [2.05, 4.69) is 10.2 Å². The lowest BCUT2D eigenvalue weighted by Gasteiger charge is -2.30. The van der Waals surface area contributed by atoms with Crippen molar-refractivity contribution >= 4 is 27.3 Å². The Labute approximate surface area is 190 Å². The molecule has 1 N–H and O–H groups in total. The number of nitrogens with one attached hydrogen (secondary N) is 1. The molecule has 0 aliphatic carbocycles. The van der Waals surface area contributed by atoms with Crippen molar-refractivity contribution in [1.82, 2.24) is 4.31 Å². The van der Waals surface area contributed by atoms with Crippen molar-refractivity contribution < 1.29 is 17.6 Å². The van der Waals surface area contributed by atoms with Gasteiger partial charge in [0.1, 0.15) is 5.82 Å². The van der Waals surface area contributed by atoms with Gasteiger partial charge in [-0.15, -0.1) is 0 Å². The molecule has 1 aliphatic heterocycles. The molecule has 32 heavy (non-hydrogen) atoms. The van der Waals surface area contributed by atoms with Crippen molar-refractivity contribution in [3.63, 3.8) is 0 Å². The molecule has 6 nitrogen and oxygen atoms in total. The first-order valence-corrected chi connectivity index (χ1v) is 12.7. The Morgan fingerprint density at radius 1 is 1.03 bits per heavy atom. The highest BCUT2D eigenvalue weighted by molar-refractivity contribution is 7.89. The number of anilines is 2. The van der Waals surface area contributed by atoms with Gasteiger partial charge in [-0.25, -0.2) is 12.8 Å². The Morgan fingerprint density at radius 2 is 1.69 bits per heavy atom. The van der Waals surface area contributed by atoms with Crippen LogP contribution >= 0.6 is 0 Å². The molecule has 2 aromatic carbocycles. The normalized spacial score (nSPS) is 14.6. The van der Waals surface area contributed by atoms with Gasteiger partial charge in [-0.2, -0.15) is 4.31 Å². The van der Waals surface area contributed by atoms with E-state index >= 15 is 0 Å². The molecule has 0 bridgehead atoms. The molecule has 0 unspecified atom stereocenters. The van der Waals surface area contributed by atoms with Crippen LogP contribution in [0.4, 0.5) is 15.8 Å². The number of benzene rings is 2. The van der Waals surface area contributed by atoms with Crippen LogP contribution in [0.2, 0.25) is 0 Å². The second kappa shape index (κ2) is 10.9. The first-order valence-electron chi connectivity index (χ1n) is 11.3. The van der Waals surface area contributed by atoms with Crippen LogP contribution in [0.3, 0.4) is 0 Å². The van der Waals surface area contributed by atoms with E-state index in [1.807, 2.05) is 13.8 Å². The van der Waals surface area contributed by atoms with Crippen LogP contribution < -0.4 is 10.2 Å². The fraction of sp³-hybridized carbons (Fsp3) is 0.458. The van der Waals surface area contributed by atoms with E-state index in [1.165, 1.54) is 22.9 Å². The van der Waals surface area contributed by atoms with Crippen molar-refractivity contribution in [2.24, 2.45) is 0 Å². The van der Waals surface area contributed by atoms with E-state index in [1.54, 1.807) is 30.3 Å². The van der Waals surface area contributed by atoms with E-state index < -0.39 is 10.0 Å². The van der Waals surface area contributed by atoms with Gasteiger partial charge in [-0.05, 0) is 61.6 Å². The molecule has 0 saturated carbocycles. The molecule has 1 amide bonds. The molecular weight excluding hydrogens is 429 g/mol. The number of nitrogens with zero attached hydrogens (tertiary/aromatic N) is 2. The highest BCUT2D eigenvalue weighted by atomic mass is 32.2. The van der Waals surface area contributed by atoms with Crippen molar-refractivity contribution in [2.45, 2.75) is 50.8 Å². The van der Waals surface area contributed by atoms with E-state index in [-0.39, 0.29) is 23.0 Å². The average molecular weight is 462 g/mol. The predicted molar refractivity (Wildman–Crippen MR) is 126 cm³/mol. The van der Waals surface area contributed by atoms with Gasteiger partial charge >= 0.3 is 0 Å². The number of rotatable bonds is 9. The van der Waals surface area contributed by atoms with Crippen molar-refractivity contribution in [2.75, 3.05) is 36.4 Å². The number of carbonyl (C=O) groups excluding carboxylic acids is 1. The molecule has 8 heteroatoms. The lowest BCUT2D eigenvalue weighted by atomic mass is 10.1. The number of sulfonamides is 1. The fourth-order valence-corrected chi connectivity index (χ4v) is 5.49. The molecule has 0 aromatic heterocycles. The molecule has 0 atom stereocenters. The lowest BCUT2D eigenvalue weighted by molar-refractivity contribution is -0.116. The smallest absolute Gasteiger partial charge is 0.243 e. The summed E-state index contributed by atoms with van der Waals surface area (Å²) in [5.41, 5.74) is 2.22. The Bertz CT molecular complexity index is 1020. The first-order chi connectivity index (χ1) is 15.3. The summed E-state index contributed by atoms with van der Waals surface area (Å²) in [6.45, 7) is 6.25. The third-order valence-corrected chi connectivity index (χ3v) is 7.90. The molecule has 1 aliphatic rings. The lowest BCUT2D eigenvalue weighted by Crippen LogP contribution is -2.30. The summed E-state index contributed by atoms with van der Waals surface area (Å²) in [6, 6.07) is 11.2. The summed E-state index contributed by atoms with van der Waals surface area (Å²) in [4.78, 5) is 15.0. The van der Waals surface area contributed by atoms with Crippen LogP contribution in [0.5, 0.6) is 0 Å². The molecule has 1 heterocycles. The van der Waals surface area contributed by atoms with Gasteiger partial charge in [0.2, 0.25) is 15.9 Å². The zero-order valence-electron chi connectivity index (χ0n) is 18.8. The maximum Gasteiger partial charge on any atom is 0.243 e. The van der Waals surface area contributed by atoms with Crippen LogP contribution in [0.1, 0.15) is 45.1 Å². The second-order valence-electron chi connectivity index (χ2n) is 7.99. The standard InChI is InChI=1S/C24H32FN3O3S/c1-3-28(4-2)32(30,31)21-12-8-19(9-13-21)10-15-24(29)26-22-18-20(25)11-14-23(22)27-16-6-5-7-17-27/h8-9,11-14,18H,3-7,10,15-17H2,1-2H3,(H,26,29). The van der Waals surface area contributed by atoms with E-state index in [0.29, 0.717) is 25.2 Å². The monoisotopic (exact) mass is 461 g/mol. The molecule has 3 rings (SSSR count). The quantitative estimate of drug-likeness (QED) is 0.600. The zero-order valence-corrected chi connectivity index (χ0v) is 19.6. The Kier molecular flexibility index (Phi) is 8.26. The summed E-state index contributed by atoms with van der Waals surface area (Å²) < 4.78 is 40.4. The molecule has 0 radical (unpaired) electrons. The summed E-state index contributed by atoms with van der Waals surface area (Å²) in [7, 11) is -3.50. The SMILES string of the molecule is CCN(CC)S(=O)(=O)c1ccc(CCC(=O)Nc2cc(F)ccc2N2CCCCC2)cc1. The second-order valence-corrected chi connectivity index (χ2v) is 9.93. The number of carbonyl (C=O) groups is 1. The number of halogens is 1. The van der Waals surface area contributed by atoms with Gasteiger partial charge < -0.3 is 10.2 Å². The van der Waals surface area contributed by atoms with Crippen LogP contribution in [0, 0.1) is 5.82 Å². The molecule has 0 spiro atoms.